The molecule has 1 N–H and O–H groups in total. The molecule has 0 saturated heterocycles. The van der Waals surface area contributed by atoms with E-state index in [1.807, 2.05) is 30.6 Å². The van der Waals surface area contributed by atoms with Crippen molar-refractivity contribution >= 4 is 53.5 Å². The van der Waals surface area contributed by atoms with Gasteiger partial charge in [-0.05, 0) is 58.9 Å². The number of allylic oxidation sites excluding steroid dienone is 2. The predicted octanol–water partition coefficient (Wildman–Crippen LogP) is 9.39. The van der Waals surface area contributed by atoms with Crippen LogP contribution in [0.4, 0.5) is 0 Å². The molecule has 0 radical (unpaired) electrons. The van der Waals surface area contributed by atoms with Gasteiger partial charge >= 0.3 is 0 Å². The summed E-state index contributed by atoms with van der Waals surface area (Å²) in [7, 11) is -1.80. The Kier molecular flexibility index (Phi) is 9.26. The van der Waals surface area contributed by atoms with Crippen LogP contribution in [-0.2, 0) is 12.8 Å². The van der Waals surface area contributed by atoms with Crippen LogP contribution in [0, 0.1) is 0 Å². The van der Waals surface area contributed by atoms with Crippen molar-refractivity contribution in [1.82, 2.24) is 19.2 Å². The molecule has 0 aliphatic carbocycles. The number of H-pyrrole nitrogens is 1. The second-order valence-corrected chi connectivity index (χ2v) is 16.7. The lowest BCUT2D eigenvalue weighted by atomic mass is 10.2. The van der Waals surface area contributed by atoms with Gasteiger partial charge in [0.25, 0.3) is 0 Å². The van der Waals surface area contributed by atoms with Crippen molar-refractivity contribution in [2.45, 2.75) is 71.0 Å². The lowest BCUT2D eigenvalue weighted by Crippen LogP contribution is -2.51. The van der Waals surface area contributed by atoms with E-state index in [0.29, 0.717) is 16.6 Å². The van der Waals surface area contributed by atoms with Gasteiger partial charge in [0.1, 0.15) is 11.3 Å². The van der Waals surface area contributed by atoms with Crippen molar-refractivity contribution in [2.24, 2.45) is 0 Å². The third-order valence-corrected chi connectivity index (χ3v) is 14.9. The summed E-state index contributed by atoms with van der Waals surface area (Å²) >= 11 is 12.8. The highest BCUT2D eigenvalue weighted by molar-refractivity contribution is 6.82. The standard InChI is InChI=1S/C19H29ClN2Si.C10H9ClN2/c1-8-9-16-12-21-19-17(18(16)20)10-11-22(19)23(13(2)3,14(4)5)15(6)7;1-2-3-7-6-13-10-8(9(7)11)4-5-12-10/h8,10-15H,1,9H2,2-7H3;2,4-6H,1,3H2,(H,12,13). The third-order valence-electron chi connectivity index (χ3n) is 7.23. The van der Waals surface area contributed by atoms with Crippen LogP contribution in [0.1, 0.15) is 52.7 Å². The van der Waals surface area contributed by atoms with Gasteiger partial charge in [-0.2, -0.15) is 0 Å². The molecule has 0 amide bonds. The first-order valence-electron chi connectivity index (χ1n) is 12.6. The first-order chi connectivity index (χ1) is 17.1. The van der Waals surface area contributed by atoms with E-state index in [1.165, 1.54) is 0 Å². The number of nitrogens with zero attached hydrogens (tertiary/aromatic N) is 3. The monoisotopic (exact) mass is 540 g/mol. The fraction of sp³-hybridized carbons (Fsp3) is 0.379. The van der Waals surface area contributed by atoms with Crippen molar-refractivity contribution in [3.05, 3.63) is 83.4 Å². The van der Waals surface area contributed by atoms with Gasteiger partial charge in [-0.15, -0.1) is 13.2 Å². The molecule has 4 aromatic rings. The van der Waals surface area contributed by atoms with Crippen LogP contribution in [-0.4, -0.2) is 27.4 Å². The second-order valence-electron chi connectivity index (χ2n) is 10.2. The van der Waals surface area contributed by atoms with E-state index in [2.05, 4.69) is 81.2 Å². The maximum atomic E-state index is 6.64. The number of fused-ring (bicyclic) bond motifs is 2. The van der Waals surface area contributed by atoms with Crippen molar-refractivity contribution < 1.29 is 0 Å². The topological polar surface area (TPSA) is 46.5 Å². The smallest absolute Gasteiger partial charge is 0.171 e. The molecule has 4 nitrogen and oxygen atoms in total. The zero-order valence-corrected chi connectivity index (χ0v) is 24.8. The molecule has 0 aliphatic rings. The Bertz CT molecular complexity index is 1330. The molecule has 7 heteroatoms. The molecule has 0 aliphatic heterocycles. The highest BCUT2D eigenvalue weighted by Crippen LogP contribution is 2.44. The molecule has 0 atom stereocenters. The maximum Gasteiger partial charge on any atom is 0.171 e. The molecule has 0 unspecified atom stereocenters. The minimum atomic E-state index is -1.80. The number of hydrogen-bond acceptors (Lipinski definition) is 2. The summed E-state index contributed by atoms with van der Waals surface area (Å²) in [5, 5.41) is 3.64. The SMILES string of the molecule is C=CCc1cnc2[nH]ccc2c1Cl.C=CCc1cnc2c(ccn2[Si](C(C)C)(C(C)C)C(C)C)c1Cl. The highest BCUT2D eigenvalue weighted by Gasteiger charge is 2.46. The minimum absolute atomic E-state index is 0.631. The Morgan fingerprint density at radius 2 is 1.39 bits per heavy atom. The van der Waals surface area contributed by atoms with E-state index >= 15 is 0 Å². The number of rotatable bonds is 8. The van der Waals surface area contributed by atoms with E-state index in [0.717, 1.165) is 56.1 Å². The summed E-state index contributed by atoms with van der Waals surface area (Å²) in [5.41, 5.74) is 5.84. The predicted molar refractivity (Wildman–Crippen MR) is 160 cm³/mol. The summed E-state index contributed by atoms with van der Waals surface area (Å²) in [5.74, 6) is 0. The molecular formula is C29H38Cl2N4Si. The van der Waals surface area contributed by atoms with Gasteiger partial charge in [0.15, 0.2) is 8.24 Å². The van der Waals surface area contributed by atoms with Crippen molar-refractivity contribution in [1.29, 1.82) is 0 Å². The summed E-state index contributed by atoms with van der Waals surface area (Å²) in [6.45, 7) is 21.7. The molecule has 0 fully saturated rings. The first-order valence-corrected chi connectivity index (χ1v) is 15.5. The van der Waals surface area contributed by atoms with E-state index in [9.17, 15) is 0 Å². The van der Waals surface area contributed by atoms with Crippen LogP contribution in [0.25, 0.3) is 22.1 Å². The molecule has 0 aromatic carbocycles. The third kappa shape index (κ3) is 5.06. The fourth-order valence-electron chi connectivity index (χ4n) is 5.86. The van der Waals surface area contributed by atoms with Gasteiger partial charge in [-0.1, -0.05) is 76.9 Å². The van der Waals surface area contributed by atoms with E-state index in [4.69, 9.17) is 28.2 Å². The molecule has 0 bridgehead atoms. The van der Waals surface area contributed by atoms with E-state index < -0.39 is 8.24 Å². The Hall–Kier alpha value is -2.34. The zero-order chi connectivity index (χ0) is 26.6. The maximum absolute atomic E-state index is 6.64. The van der Waals surface area contributed by atoms with Crippen LogP contribution < -0.4 is 0 Å². The number of halogens is 2. The molecule has 0 saturated carbocycles. The van der Waals surface area contributed by atoms with Crippen LogP contribution in [0.5, 0.6) is 0 Å². The lowest BCUT2D eigenvalue weighted by molar-refractivity contribution is 0.770. The molecule has 4 aromatic heterocycles. The van der Waals surface area contributed by atoms with Crippen LogP contribution in [0.15, 0.2) is 62.2 Å². The Labute approximate surface area is 226 Å². The Morgan fingerprint density at radius 3 is 1.92 bits per heavy atom. The molecule has 4 heterocycles. The number of aromatic nitrogens is 4. The highest BCUT2D eigenvalue weighted by atomic mass is 35.5. The first kappa shape index (κ1) is 28.2. The largest absolute Gasteiger partial charge is 0.359 e. The van der Waals surface area contributed by atoms with Crippen LogP contribution in [0.2, 0.25) is 26.7 Å². The Balaban J connectivity index is 0.000000233. The van der Waals surface area contributed by atoms with Crippen LogP contribution in [0.3, 0.4) is 0 Å². The normalized spacial score (nSPS) is 12.0. The van der Waals surface area contributed by atoms with Gasteiger partial charge in [-0.3, -0.25) is 0 Å². The molecule has 192 valence electrons. The van der Waals surface area contributed by atoms with Gasteiger partial charge in [0.05, 0.1) is 10.0 Å². The van der Waals surface area contributed by atoms with Crippen molar-refractivity contribution in [3.8, 4) is 0 Å². The lowest BCUT2D eigenvalue weighted by Gasteiger charge is -2.44. The second kappa shape index (κ2) is 11.8. The average molecular weight is 542 g/mol. The molecular weight excluding hydrogens is 503 g/mol. The molecule has 4 rings (SSSR count). The molecule has 36 heavy (non-hydrogen) atoms. The number of pyridine rings is 2. The van der Waals surface area contributed by atoms with Gasteiger partial charge in [-0.25, -0.2) is 9.97 Å². The van der Waals surface area contributed by atoms with E-state index in [-0.39, 0.29) is 0 Å². The number of aromatic amines is 1. The molecule has 0 spiro atoms. The average Bonchev–Trinajstić information content (AvgIpc) is 3.47. The zero-order valence-electron chi connectivity index (χ0n) is 22.3. The van der Waals surface area contributed by atoms with E-state index in [1.54, 1.807) is 6.20 Å². The van der Waals surface area contributed by atoms with Crippen molar-refractivity contribution in [2.75, 3.05) is 0 Å². The summed E-state index contributed by atoms with van der Waals surface area (Å²) in [4.78, 5) is 12.0. The minimum Gasteiger partial charge on any atom is -0.359 e. The van der Waals surface area contributed by atoms with Crippen molar-refractivity contribution in [3.63, 3.8) is 0 Å². The summed E-state index contributed by atoms with van der Waals surface area (Å²) < 4.78 is 2.51. The van der Waals surface area contributed by atoms with Gasteiger partial charge < -0.3 is 9.22 Å². The number of hydrogen-bond donors (Lipinski definition) is 1. The quantitative estimate of drug-likeness (QED) is 0.178. The Morgan fingerprint density at radius 1 is 0.861 bits per heavy atom. The number of nitrogens with one attached hydrogen (secondary N) is 1. The fourth-order valence-corrected chi connectivity index (χ4v) is 13.0. The van der Waals surface area contributed by atoms with Gasteiger partial charge in [0.2, 0.25) is 0 Å². The summed E-state index contributed by atoms with van der Waals surface area (Å²) in [6.07, 6.45) is 13.0. The van der Waals surface area contributed by atoms with Crippen LogP contribution >= 0.6 is 23.2 Å². The summed E-state index contributed by atoms with van der Waals surface area (Å²) in [6, 6.07) is 4.07. The van der Waals surface area contributed by atoms with Gasteiger partial charge in [0, 0.05) is 29.4 Å².